The molecule has 0 spiro atoms. The fourth-order valence-electron chi connectivity index (χ4n) is 1.54. The lowest BCUT2D eigenvalue weighted by atomic mass is 10.3. The lowest BCUT2D eigenvalue weighted by Gasteiger charge is -2.25. The zero-order chi connectivity index (χ0) is 9.10. The van der Waals surface area contributed by atoms with Crippen molar-refractivity contribution in [3.8, 4) is 0 Å². The summed E-state index contributed by atoms with van der Waals surface area (Å²) in [5.41, 5.74) is 1.14. The molecular formula is C9H15N3O. The maximum Gasteiger partial charge on any atom is 0.0947 e. The van der Waals surface area contributed by atoms with E-state index in [1.807, 2.05) is 17.9 Å². The normalized spacial score (nSPS) is 19.2. The number of ether oxygens (including phenoxy) is 1. The van der Waals surface area contributed by atoms with E-state index in [0.29, 0.717) is 0 Å². The fraction of sp³-hybridized carbons (Fsp3) is 0.667. The minimum absolute atomic E-state index is 0.854. The van der Waals surface area contributed by atoms with Crippen LogP contribution in [-0.4, -0.2) is 40.8 Å². The molecule has 1 fully saturated rings. The summed E-state index contributed by atoms with van der Waals surface area (Å²) < 4.78 is 7.26. The first-order valence-corrected chi connectivity index (χ1v) is 4.61. The summed E-state index contributed by atoms with van der Waals surface area (Å²) in [6.45, 7) is 4.71. The van der Waals surface area contributed by atoms with E-state index < -0.39 is 0 Å². The van der Waals surface area contributed by atoms with Crippen molar-refractivity contribution in [3.63, 3.8) is 0 Å². The quantitative estimate of drug-likeness (QED) is 0.655. The Morgan fingerprint density at radius 1 is 1.46 bits per heavy atom. The zero-order valence-corrected chi connectivity index (χ0v) is 7.94. The lowest BCUT2D eigenvalue weighted by Crippen LogP contribution is -2.35. The van der Waals surface area contributed by atoms with Crippen molar-refractivity contribution < 1.29 is 4.74 Å². The van der Waals surface area contributed by atoms with Crippen LogP contribution < -0.4 is 0 Å². The second kappa shape index (κ2) is 3.89. The summed E-state index contributed by atoms with van der Waals surface area (Å²) in [4.78, 5) is 6.66. The van der Waals surface area contributed by atoms with Crippen LogP contribution in [0.5, 0.6) is 0 Å². The fourth-order valence-corrected chi connectivity index (χ4v) is 1.54. The predicted octanol–water partition coefficient (Wildman–Crippen LogP) is 0.252. The molecule has 4 nitrogen and oxygen atoms in total. The van der Waals surface area contributed by atoms with Crippen LogP contribution in [0.2, 0.25) is 0 Å². The molecule has 13 heavy (non-hydrogen) atoms. The van der Waals surface area contributed by atoms with Gasteiger partial charge in [0.1, 0.15) is 0 Å². The number of aromatic nitrogens is 2. The van der Waals surface area contributed by atoms with Crippen molar-refractivity contribution in [1.82, 2.24) is 14.5 Å². The Hall–Kier alpha value is -0.870. The summed E-state index contributed by atoms with van der Waals surface area (Å²) >= 11 is 0. The van der Waals surface area contributed by atoms with Crippen molar-refractivity contribution in [3.05, 3.63) is 18.2 Å². The van der Waals surface area contributed by atoms with Gasteiger partial charge in [-0.25, -0.2) is 4.98 Å². The Morgan fingerprint density at radius 2 is 2.23 bits per heavy atom. The lowest BCUT2D eigenvalue weighted by molar-refractivity contribution is 0.0337. The molecule has 0 aromatic carbocycles. The van der Waals surface area contributed by atoms with Gasteiger partial charge in [-0.2, -0.15) is 0 Å². The summed E-state index contributed by atoms with van der Waals surface area (Å²) in [6, 6.07) is 0. The van der Waals surface area contributed by atoms with Crippen LogP contribution in [0.4, 0.5) is 0 Å². The van der Waals surface area contributed by atoms with Gasteiger partial charge >= 0.3 is 0 Å². The molecule has 0 bridgehead atoms. The van der Waals surface area contributed by atoms with Crippen LogP contribution in [0.25, 0.3) is 0 Å². The number of hydrogen-bond acceptors (Lipinski definition) is 3. The highest BCUT2D eigenvalue weighted by Gasteiger charge is 2.11. The number of hydrogen-bond donors (Lipinski definition) is 0. The van der Waals surface area contributed by atoms with Gasteiger partial charge in [-0.1, -0.05) is 0 Å². The van der Waals surface area contributed by atoms with Crippen LogP contribution in [-0.2, 0) is 18.3 Å². The second-order valence-corrected chi connectivity index (χ2v) is 3.42. The number of nitrogens with zero attached hydrogens (tertiary/aromatic N) is 3. The monoisotopic (exact) mass is 181 g/mol. The molecule has 2 heterocycles. The van der Waals surface area contributed by atoms with Crippen LogP contribution in [0.1, 0.15) is 5.69 Å². The van der Waals surface area contributed by atoms with Crippen molar-refractivity contribution in [2.24, 2.45) is 7.05 Å². The molecule has 0 unspecified atom stereocenters. The third kappa shape index (κ3) is 2.29. The highest BCUT2D eigenvalue weighted by molar-refractivity contribution is 4.96. The molecule has 1 aromatic rings. The van der Waals surface area contributed by atoms with Gasteiger partial charge in [0, 0.05) is 32.9 Å². The smallest absolute Gasteiger partial charge is 0.0947 e. The van der Waals surface area contributed by atoms with Crippen LogP contribution in [0, 0.1) is 0 Å². The Labute approximate surface area is 78.1 Å². The molecule has 0 N–H and O–H groups in total. The molecule has 4 heteroatoms. The van der Waals surface area contributed by atoms with Gasteiger partial charge in [0.25, 0.3) is 0 Å². The van der Waals surface area contributed by atoms with Crippen molar-refractivity contribution >= 4 is 0 Å². The molecule has 1 saturated heterocycles. The molecule has 72 valence electrons. The minimum atomic E-state index is 0.854. The number of aryl methyl sites for hydroxylation is 1. The first-order chi connectivity index (χ1) is 6.34. The topological polar surface area (TPSA) is 30.3 Å². The van der Waals surface area contributed by atoms with E-state index in [9.17, 15) is 0 Å². The van der Waals surface area contributed by atoms with E-state index in [-0.39, 0.29) is 0 Å². The van der Waals surface area contributed by atoms with Crippen LogP contribution in [0.3, 0.4) is 0 Å². The van der Waals surface area contributed by atoms with Gasteiger partial charge in [-0.3, -0.25) is 4.90 Å². The van der Waals surface area contributed by atoms with E-state index >= 15 is 0 Å². The third-order valence-electron chi connectivity index (χ3n) is 2.25. The Balaban J connectivity index is 1.89. The highest BCUT2D eigenvalue weighted by atomic mass is 16.5. The molecule has 1 aliphatic rings. The molecule has 0 aliphatic carbocycles. The first kappa shape index (κ1) is 8.72. The van der Waals surface area contributed by atoms with Crippen molar-refractivity contribution in [1.29, 1.82) is 0 Å². The molecule has 1 aromatic heterocycles. The maximum absolute atomic E-state index is 5.28. The van der Waals surface area contributed by atoms with Gasteiger partial charge in [0.2, 0.25) is 0 Å². The SMILES string of the molecule is Cn1cnc(CN2CCOCC2)c1. The van der Waals surface area contributed by atoms with E-state index in [2.05, 4.69) is 16.1 Å². The molecule has 0 atom stereocenters. The van der Waals surface area contributed by atoms with Gasteiger partial charge in [0.05, 0.1) is 25.2 Å². The van der Waals surface area contributed by atoms with E-state index in [1.54, 1.807) is 0 Å². The van der Waals surface area contributed by atoms with Gasteiger partial charge in [-0.15, -0.1) is 0 Å². The first-order valence-electron chi connectivity index (χ1n) is 4.61. The molecule has 2 rings (SSSR count). The highest BCUT2D eigenvalue weighted by Crippen LogP contribution is 2.03. The summed E-state index contributed by atoms with van der Waals surface area (Å²) in [5.74, 6) is 0. The average Bonchev–Trinajstić information content (AvgIpc) is 2.53. The Kier molecular flexibility index (Phi) is 2.61. The van der Waals surface area contributed by atoms with Gasteiger partial charge < -0.3 is 9.30 Å². The van der Waals surface area contributed by atoms with Gasteiger partial charge in [0.15, 0.2) is 0 Å². The van der Waals surface area contributed by atoms with Crippen LogP contribution >= 0.6 is 0 Å². The molecule has 0 saturated carbocycles. The second-order valence-electron chi connectivity index (χ2n) is 3.42. The molecule has 1 aliphatic heterocycles. The predicted molar refractivity (Wildman–Crippen MR) is 49.3 cm³/mol. The Morgan fingerprint density at radius 3 is 2.85 bits per heavy atom. The summed E-state index contributed by atoms with van der Waals surface area (Å²) in [7, 11) is 2.00. The average molecular weight is 181 g/mol. The van der Waals surface area contributed by atoms with E-state index in [0.717, 1.165) is 38.5 Å². The van der Waals surface area contributed by atoms with Crippen molar-refractivity contribution in [2.45, 2.75) is 6.54 Å². The molecule has 0 amide bonds. The minimum Gasteiger partial charge on any atom is -0.379 e. The van der Waals surface area contributed by atoms with E-state index in [4.69, 9.17) is 4.74 Å². The van der Waals surface area contributed by atoms with Gasteiger partial charge in [-0.05, 0) is 0 Å². The largest absolute Gasteiger partial charge is 0.379 e. The zero-order valence-electron chi connectivity index (χ0n) is 7.94. The summed E-state index contributed by atoms with van der Waals surface area (Å²) in [6.07, 6.45) is 3.91. The number of imidazole rings is 1. The van der Waals surface area contributed by atoms with E-state index in [1.165, 1.54) is 0 Å². The summed E-state index contributed by atoms with van der Waals surface area (Å²) in [5, 5.41) is 0. The standard InChI is InChI=1S/C9H15N3O/c1-11-6-9(10-8-11)7-12-2-4-13-5-3-12/h6,8H,2-5,7H2,1H3. The molecular weight excluding hydrogens is 166 g/mol. The van der Waals surface area contributed by atoms with Crippen molar-refractivity contribution in [2.75, 3.05) is 26.3 Å². The number of rotatable bonds is 2. The molecule has 0 radical (unpaired) electrons. The van der Waals surface area contributed by atoms with Crippen LogP contribution in [0.15, 0.2) is 12.5 Å². The maximum atomic E-state index is 5.28. The Bertz CT molecular complexity index is 266. The number of morpholine rings is 1. The third-order valence-corrected chi connectivity index (χ3v) is 2.25.